The van der Waals surface area contributed by atoms with Gasteiger partial charge in [-0.15, -0.1) is 0 Å². The van der Waals surface area contributed by atoms with E-state index in [1.165, 1.54) is 0 Å². The molecule has 0 radical (unpaired) electrons. The molecule has 1 atom stereocenters. The Balaban J connectivity index is 2.48. The van der Waals surface area contributed by atoms with E-state index in [9.17, 15) is 5.11 Å². The number of aryl methyl sites for hydroxylation is 1. The van der Waals surface area contributed by atoms with E-state index >= 15 is 0 Å². The lowest BCUT2D eigenvalue weighted by molar-refractivity contribution is 0.218. The fourth-order valence-corrected chi connectivity index (χ4v) is 2.18. The van der Waals surface area contributed by atoms with Crippen molar-refractivity contribution in [1.29, 1.82) is 0 Å². The maximum atomic E-state index is 10.5. The largest absolute Gasteiger partial charge is 0.493 e. The minimum Gasteiger partial charge on any atom is -0.493 e. The molecule has 112 valence electrons. The van der Waals surface area contributed by atoms with Crippen LogP contribution in [-0.2, 0) is 0 Å². The Hall–Kier alpha value is -2.27. The third-order valence-electron chi connectivity index (χ3n) is 3.21. The summed E-state index contributed by atoms with van der Waals surface area (Å²) < 4.78 is 15.9. The van der Waals surface area contributed by atoms with Crippen LogP contribution in [0.25, 0.3) is 0 Å². The molecule has 0 amide bonds. The summed E-state index contributed by atoms with van der Waals surface area (Å²) in [7, 11) is 4.63. The van der Waals surface area contributed by atoms with Crippen molar-refractivity contribution in [3.8, 4) is 17.2 Å². The van der Waals surface area contributed by atoms with Gasteiger partial charge in [-0.2, -0.15) is 0 Å². The topological polar surface area (TPSA) is 60.8 Å². The first kappa shape index (κ1) is 15.1. The van der Waals surface area contributed by atoms with E-state index in [4.69, 9.17) is 14.2 Å². The van der Waals surface area contributed by atoms with Crippen molar-refractivity contribution >= 4 is 0 Å². The Kier molecular flexibility index (Phi) is 4.65. The summed E-state index contributed by atoms with van der Waals surface area (Å²) in [6.07, 6.45) is 2.57. The van der Waals surface area contributed by atoms with Gasteiger partial charge in [0.1, 0.15) is 6.10 Å². The molecule has 0 aliphatic rings. The molecule has 0 fully saturated rings. The Bertz CT molecular complexity index is 602. The second kappa shape index (κ2) is 6.45. The van der Waals surface area contributed by atoms with Gasteiger partial charge in [0.25, 0.3) is 0 Å². The van der Waals surface area contributed by atoms with E-state index in [0.717, 1.165) is 5.56 Å². The van der Waals surface area contributed by atoms with Gasteiger partial charge in [-0.05, 0) is 30.2 Å². The molecule has 1 aromatic carbocycles. The van der Waals surface area contributed by atoms with Gasteiger partial charge in [-0.25, -0.2) is 0 Å². The van der Waals surface area contributed by atoms with Gasteiger partial charge in [-0.3, -0.25) is 4.98 Å². The number of hydrogen-bond donors (Lipinski definition) is 1. The zero-order valence-corrected chi connectivity index (χ0v) is 12.6. The lowest BCUT2D eigenvalue weighted by atomic mass is 10.0. The summed E-state index contributed by atoms with van der Waals surface area (Å²) in [6, 6.07) is 5.35. The van der Waals surface area contributed by atoms with Crippen LogP contribution >= 0.6 is 0 Å². The van der Waals surface area contributed by atoms with E-state index in [2.05, 4.69) is 4.98 Å². The number of rotatable bonds is 5. The van der Waals surface area contributed by atoms with Crippen LogP contribution in [0.3, 0.4) is 0 Å². The van der Waals surface area contributed by atoms with Crippen LogP contribution < -0.4 is 14.2 Å². The second-order valence-electron chi connectivity index (χ2n) is 4.66. The van der Waals surface area contributed by atoms with Crippen LogP contribution in [0.2, 0.25) is 0 Å². The molecule has 1 N–H and O–H groups in total. The molecule has 2 aromatic rings. The molecule has 2 rings (SSSR count). The first-order valence-corrected chi connectivity index (χ1v) is 6.50. The first-order valence-electron chi connectivity index (χ1n) is 6.50. The molecule has 5 heteroatoms. The monoisotopic (exact) mass is 289 g/mol. The number of ether oxygens (including phenoxy) is 3. The zero-order chi connectivity index (χ0) is 15.4. The number of aliphatic hydroxyl groups excluding tert-OH is 1. The average Bonchev–Trinajstić information content (AvgIpc) is 2.52. The third kappa shape index (κ3) is 3.08. The van der Waals surface area contributed by atoms with Gasteiger partial charge in [0.2, 0.25) is 5.75 Å². The van der Waals surface area contributed by atoms with Crippen molar-refractivity contribution in [1.82, 2.24) is 4.98 Å². The number of aliphatic hydroxyl groups is 1. The number of nitrogens with zero attached hydrogens (tertiary/aromatic N) is 1. The minimum atomic E-state index is -0.814. The summed E-state index contributed by atoms with van der Waals surface area (Å²) in [6.45, 7) is 1.93. The fourth-order valence-electron chi connectivity index (χ4n) is 2.18. The average molecular weight is 289 g/mol. The molecule has 0 aliphatic heterocycles. The van der Waals surface area contributed by atoms with Crippen LogP contribution in [0.15, 0.2) is 30.6 Å². The standard InChI is InChI=1S/C16H19NO4/c1-10-5-12(9-17-8-10)15(18)11-6-13(19-2)16(21-4)14(7-11)20-3/h5-9,15,18H,1-4H3. The smallest absolute Gasteiger partial charge is 0.203 e. The number of hydrogen-bond acceptors (Lipinski definition) is 5. The van der Waals surface area contributed by atoms with E-state index in [1.807, 2.05) is 13.0 Å². The van der Waals surface area contributed by atoms with Gasteiger partial charge in [-0.1, -0.05) is 6.07 Å². The molecule has 0 aliphatic carbocycles. The number of methoxy groups -OCH3 is 3. The lowest BCUT2D eigenvalue weighted by Gasteiger charge is -2.17. The van der Waals surface area contributed by atoms with Crippen molar-refractivity contribution < 1.29 is 19.3 Å². The summed E-state index contributed by atoms with van der Waals surface area (Å²) >= 11 is 0. The highest BCUT2D eigenvalue weighted by Gasteiger charge is 2.18. The molecular weight excluding hydrogens is 270 g/mol. The Morgan fingerprint density at radius 3 is 2.00 bits per heavy atom. The summed E-state index contributed by atoms with van der Waals surface area (Å²) in [5.41, 5.74) is 2.35. The molecule has 0 saturated heterocycles. The maximum Gasteiger partial charge on any atom is 0.203 e. The predicted octanol–water partition coefficient (Wildman–Crippen LogP) is 2.50. The Morgan fingerprint density at radius 2 is 1.52 bits per heavy atom. The van der Waals surface area contributed by atoms with Gasteiger partial charge in [0.05, 0.1) is 21.3 Å². The number of pyridine rings is 1. The van der Waals surface area contributed by atoms with Gasteiger partial charge in [0.15, 0.2) is 11.5 Å². The molecule has 0 spiro atoms. The van der Waals surface area contributed by atoms with Crippen molar-refractivity contribution in [3.05, 3.63) is 47.3 Å². The Labute approximate surface area is 124 Å². The highest BCUT2D eigenvalue weighted by Crippen LogP contribution is 2.40. The van der Waals surface area contributed by atoms with E-state index in [-0.39, 0.29) is 0 Å². The summed E-state index contributed by atoms with van der Waals surface area (Å²) in [4.78, 5) is 4.10. The van der Waals surface area contributed by atoms with Crippen LogP contribution in [0, 0.1) is 6.92 Å². The minimum absolute atomic E-state index is 0.498. The normalized spacial score (nSPS) is 11.9. The van der Waals surface area contributed by atoms with Crippen LogP contribution in [0.4, 0.5) is 0 Å². The van der Waals surface area contributed by atoms with Crippen LogP contribution in [-0.4, -0.2) is 31.4 Å². The first-order chi connectivity index (χ1) is 10.1. The zero-order valence-electron chi connectivity index (χ0n) is 12.6. The molecule has 0 bridgehead atoms. The molecule has 0 saturated carbocycles. The van der Waals surface area contributed by atoms with E-state index in [1.54, 1.807) is 45.9 Å². The van der Waals surface area contributed by atoms with Crippen molar-refractivity contribution in [2.45, 2.75) is 13.0 Å². The molecule has 21 heavy (non-hydrogen) atoms. The van der Waals surface area contributed by atoms with Gasteiger partial charge >= 0.3 is 0 Å². The van der Waals surface area contributed by atoms with E-state index in [0.29, 0.717) is 28.4 Å². The maximum absolute atomic E-state index is 10.5. The Morgan fingerprint density at radius 1 is 0.905 bits per heavy atom. The van der Waals surface area contributed by atoms with Gasteiger partial charge in [0, 0.05) is 18.0 Å². The molecule has 5 nitrogen and oxygen atoms in total. The molecule has 1 aromatic heterocycles. The number of aromatic nitrogens is 1. The van der Waals surface area contributed by atoms with E-state index < -0.39 is 6.10 Å². The fraction of sp³-hybridized carbons (Fsp3) is 0.312. The third-order valence-corrected chi connectivity index (χ3v) is 3.21. The van der Waals surface area contributed by atoms with Crippen molar-refractivity contribution in [2.24, 2.45) is 0 Å². The summed E-state index contributed by atoms with van der Waals surface area (Å²) in [5.74, 6) is 1.51. The summed E-state index contributed by atoms with van der Waals surface area (Å²) in [5, 5.41) is 10.5. The highest BCUT2D eigenvalue weighted by atomic mass is 16.5. The SMILES string of the molecule is COc1cc(C(O)c2cncc(C)c2)cc(OC)c1OC. The van der Waals surface area contributed by atoms with Crippen LogP contribution in [0.5, 0.6) is 17.2 Å². The molecule has 1 heterocycles. The van der Waals surface area contributed by atoms with Crippen LogP contribution in [0.1, 0.15) is 22.8 Å². The number of benzene rings is 1. The van der Waals surface area contributed by atoms with Crippen molar-refractivity contribution in [3.63, 3.8) is 0 Å². The quantitative estimate of drug-likeness (QED) is 0.916. The second-order valence-corrected chi connectivity index (χ2v) is 4.66. The van der Waals surface area contributed by atoms with Crippen molar-refractivity contribution in [2.75, 3.05) is 21.3 Å². The van der Waals surface area contributed by atoms with Gasteiger partial charge < -0.3 is 19.3 Å². The predicted molar refractivity (Wildman–Crippen MR) is 79.1 cm³/mol. The highest BCUT2D eigenvalue weighted by molar-refractivity contribution is 5.55. The molecule has 1 unspecified atom stereocenters. The lowest BCUT2D eigenvalue weighted by Crippen LogP contribution is -2.03. The molecular formula is C16H19NO4.